The van der Waals surface area contributed by atoms with Crippen LogP contribution >= 0.6 is 0 Å². The number of likely N-dealkylation sites (tertiary alicyclic amines) is 1. The van der Waals surface area contributed by atoms with Crippen LogP contribution in [-0.2, 0) is 6.54 Å². The van der Waals surface area contributed by atoms with Crippen LogP contribution in [0.15, 0.2) is 30.6 Å². The van der Waals surface area contributed by atoms with Gasteiger partial charge in [0.2, 0.25) is 0 Å². The summed E-state index contributed by atoms with van der Waals surface area (Å²) in [5.74, 6) is 1.29. The third kappa shape index (κ3) is 3.26. The van der Waals surface area contributed by atoms with Crippen LogP contribution in [0.3, 0.4) is 0 Å². The smallest absolute Gasteiger partial charge is 0.252 e. The van der Waals surface area contributed by atoms with Crippen molar-refractivity contribution in [1.82, 2.24) is 24.5 Å². The third-order valence-corrected chi connectivity index (χ3v) is 4.99. The number of piperidine rings is 1. The molecular weight excluding hydrogens is 333 g/mol. The number of aryl methyl sites for hydroxylation is 1. The first-order valence-electron chi connectivity index (χ1n) is 8.86. The molecule has 1 unspecified atom stereocenters. The number of halogens is 1. The molecule has 1 atom stereocenters. The van der Waals surface area contributed by atoms with Crippen molar-refractivity contribution in [2.24, 2.45) is 0 Å². The molecule has 2 aromatic heterocycles. The summed E-state index contributed by atoms with van der Waals surface area (Å²) in [7, 11) is 1.55. The molecule has 0 N–H and O–H groups in total. The zero-order valence-electron chi connectivity index (χ0n) is 15.0. The highest BCUT2D eigenvalue weighted by molar-refractivity contribution is 5.32. The van der Waals surface area contributed by atoms with Gasteiger partial charge in [-0.1, -0.05) is 6.07 Å². The molecule has 136 valence electrons. The molecule has 4 rings (SSSR count). The van der Waals surface area contributed by atoms with E-state index in [9.17, 15) is 4.39 Å². The Kier molecular flexibility index (Phi) is 4.55. The summed E-state index contributed by atoms with van der Waals surface area (Å²) >= 11 is 0. The van der Waals surface area contributed by atoms with E-state index in [4.69, 9.17) is 4.74 Å². The van der Waals surface area contributed by atoms with Crippen molar-refractivity contribution in [3.63, 3.8) is 0 Å². The second kappa shape index (κ2) is 6.99. The minimum Gasteiger partial charge on any atom is -0.497 e. The number of fused-ring (bicyclic) bond motifs is 1. The van der Waals surface area contributed by atoms with Crippen LogP contribution < -0.4 is 4.74 Å². The highest BCUT2D eigenvalue weighted by Crippen LogP contribution is 2.28. The van der Waals surface area contributed by atoms with E-state index in [1.807, 2.05) is 23.6 Å². The first-order chi connectivity index (χ1) is 12.6. The lowest BCUT2D eigenvalue weighted by molar-refractivity contribution is 0.195. The molecular formula is C19H22FN5O. The van der Waals surface area contributed by atoms with Crippen molar-refractivity contribution in [2.75, 3.05) is 20.2 Å². The molecule has 3 aromatic rings. The number of rotatable bonds is 4. The maximum absolute atomic E-state index is 14.3. The normalized spacial score (nSPS) is 18.3. The van der Waals surface area contributed by atoms with E-state index in [0.29, 0.717) is 29.6 Å². The van der Waals surface area contributed by atoms with Gasteiger partial charge in [-0.15, -0.1) is 0 Å². The van der Waals surface area contributed by atoms with Crippen molar-refractivity contribution >= 4 is 5.78 Å². The summed E-state index contributed by atoms with van der Waals surface area (Å²) in [6, 6.07) is 7.15. The SMILES string of the molecule is COc1ccc(CN2CCCC(c3cc(C)nc4ncnn34)C2)c(F)c1. The lowest BCUT2D eigenvalue weighted by Crippen LogP contribution is -2.35. The number of benzene rings is 1. The molecule has 1 aromatic carbocycles. The molecule has 1 saturated heterocycles. The molecule has 3 heterocycles. The Balaban J connectivity index is 1.55. The molecule has 26 heavy (non-hydrogen) atoms. The summed E-state index contributed by atoms with van der Waals surface area (Å²) in [5.41, 5.74) is 2.77. The predicted octanol–water partition coefficient (Wildman–Crippen LogP) is 2.96. The maximum atomic E-state index is 14.3. The van der Waals surface area contributed by atoms with Crippen molar-refractivity contribution in [1.29, 1.82) is 0 Å². The summed E-state index contributed by atoms with van der Waals surface area (Å²) in [6.45, 7) is 4.40. The van der Waals surface area contributed by atoms with Gasteiger partial charge in [0.15, 0.2) is 0 Å². The largest absolute Gasteiger partial charge is 0.497 e. The quantitative estimate of drug-likeness (QED) is 0.720. The fourth-order valence-corrected chi connectivity index (χ4v) is 3.71. The second-order valence-electron chi connectivity index (χ2n) is 6.83. The van der Waals surface area contributed by atoms with Crippen LogP contribution in [0.1, 0.15) is 35.7 Å². The number of methoxy groups -OCH3 is 1. The number of hydrogen-bond acceptors (Lipinski definition) is 5. The lowest BCUT2D eigenvalue weighted by Gasteiger charge is -2.33. The van der Waals surface area contributed by atoms with E-state index < -0.39 is 0 Å². The van der Waals surface area contributed by atoms with Gasteiger partial charge in [0, 0.05) is 36.3 Å². The standard InChI is InChI=1S/C19H22FN5O/c1-13-8-18(25-19(23-13)21-12-22-25)15-4-3-7-24(11-15)10-14-5-6-16(26-2)9-17(14)20/h5-6,8-9,12,15H,3-4,7,10-11H2,1-2H3. The fraction of sp³-hybridized carbons (Fsp3) is 0.421. The molecule has 1 aliphatic rings. The number of ether oxygens (including phenoxy) is 1. The number of nitrogens with zero attached hydrogens (tertiary/aromatic N) is 5. The molecule has 6 nitrogen and oxygen atoms in total. The molecule has 0 amide bonds. The van der Waals surface area contributed by atoms with E-state index in [0.717, 1.165) is 37.3 Å². The van der Waals surface area contributed by atoms with Crippen molar-refractivity contribution < 1.29 is 9.13 Å². The minimum absolute atomic E-state index is 0.218. The van der Waals surface area contributed by atoms with Crippen LogP contribution in [0.25, 0.3) is 5.78 Å². The fourth-order valence-electron chi connectivity index (χ4n) is 3.71. The summed E-state index contributed by atoms with van der Waals surface area (Å²) in [4.78, 5) is 10.9. The van der Waals surface area contributed by atoms with Gasteiger partial charge in [-0.05, 0) is 38.4 Å². The Hall–Kier alpha value is -2.54. The lowest BCUT2D eigenvalue weighted by atomic mass is 9.93. The zero-order chi connectivity index (χ0) is 18.1. The van der Waals surface area contributed by atoms with Crippen LogP contribution in [-0.4, -0.2) is 44.7 Å². The Morgan fingerprint density at radius 3 is 3.00 bits per heavy atom. The van der Waals surface area contributed by atoms with Crippen molar-refractivity contribution in [3.8, 4) is 5.75 Å². The molecule has 0 saturated carbocycles. The van der Waals surface area contributed by atoms with E-state index >= 15 is 0 Å². The third-order valence-electron chi connectivity index (χ3n) is 4.99. The Morgan fingerprint density at radius 1 is 1.31 bits per heavy atom. The van der Waals surface area contributed by atoms with Gasteiger partial charge in [0.25, 0.3) is 5.78 Å². The van der Waals surface area contributed by atoms with Gasteiger partial charge in [-0.25, -0.2) is 13.9 Å². The maximum Gasteiger partial charge on any atom is 0.252 e. The second-order valence-corrected chi connectivity index (χ2v) is 6.83. The van der Waals surface area contributed by atoms with E-state index in [1.54, 1.807) is 13.4 Å². The molecule has 0 radical (unpaired) electrons. The molecule has 1 fully saturated rings. The molecule has 7 heteroatoms. The van der Waals surface area contributed by atoms with Gasteiger partial charge >= 0.3 is 0 Å². The van der Waals surface area contributed by atoms with Gasteiger partial charge < -0.3 is 4.74 Å². The monoisotopic (exact) mass is 355 g/mol. The topological polar surface area (TPSA) is 55.5 Å². The van der Waals surface area contributed by atoms with Crippen LogP contribution in [0, 0.1) is 12.7 Å². The molecule has 0 aliphatic carbocycles. The number of hydrogen-bond donors (Lipinski definition) is 0. The van der Waals surface area contributed by atoms with E-state index in [-0.39, 0.29) is 5.82 Å². The average Bonchev–Trinajstić information content (AvgIpc) is 3.11. The molecule has 1 aliphatic heterocycles. The van der Waals surface area contributed by atoms with Crippen LogP contribution in [0.2, 0.25) is 0 Å². The Bertz CT molecular complexity index is 925. The molecule has 0 bridgehead atoms. The zero-order valence-corrected chi connectivity index (χ0v) is 15.0. The predicted molar refractivity (Wildman–Crippen MR) is 95.7 cm³/mol. The van der Waals surface area contributed by atoms with Crippen LogP contribution in [0.4, 0.5) is 4.39 Å². The first-order valence-corrected chi connectivity index (χ1v) is 8.86. The number of aromatic nitrogens is 4. The molecule has 0 spiro atoms. The van der Waals surface area contributed by atoms with Gasteiger partial charge in [-0.2, -0.15) is 10.1 Å². The van der Waals surface area contributed by atoms with Gasteiger partial charge in [0.05, 0.1) is 12.8 Å². The summed E-state index contributed by atoms with van der Waals surface area (Å²) in [5, 5.41) is 4.33. The first kappa shape index (κ1) is 16.9. The highest BCUT2D eigenvalue weighted by Gasteiger charge is 2.25. The van der Waals surface area contributed by atoms with E-state index in [1.165, 1.54) is 6.07 Å². The van der Waals surface area contributed by atoms with Crippen molar-refractivity contribution in [3.05, 3.63) is 53.4 Å². The van der Waals surface area contributed by atoms with Crippen LogP contribution in [0.5, 0.6) is 5.75 Å². The highest BCUT2D eigenvalue weighted by atomic mass is 19.1. The Labute approximate surface area is 151 Å². The van der Waals surface area contributed by atoms with Crippen molar-refractivity contribution in [2.45, 2.75) is 32.2 Å². The average molecular weight is 355 g/mol. The minimum atomic E-state index is -0.218. The summed E-state index contributed by atoms with van der Waals surface area (Å²) < 4.78 is 21.2. The Morgan fingerprint density at radius 2 is 2.19 bits per heavy atom. The summed E-state index contributed by atoms with van der Waals surface area (Å²) in [6.07, 6.45) is 3.69. The van der Waals surface area contributed by atoms with E-state index in [2.05, 4.69) is 26.0 Å². The van der Waals surface area contributed by atoms with Gasteiger partial charge in [0.1, 0.15) is 17.9 Å². The van der Waals surface area contributed by atoms with Gasteiger partial charge in [-0.3, -0.25) is 4.90 Å².